The Bertz CT molecular complexity index is 434. The summed E-state index contributed by atoms with van der Waals surface area (Å²) in [4.78, 5) is 21.4. The Hall–Kier alpha value is -2.11. The summed E-state index contributed by atoms with van der Waals surface area (Å²) in [6, 6.07) is 0. The van der Waals surface area contributed by atoms with Crippen LogP contribution < -0.4 is 0 Å². The van der Waals surface area contributed by atoms with Gasteiger partial charge in [-0.05, 0) is 0 Å². The first-order valence-corrected chi connectivity index (χ1v) is 4.07. The van der Waals surface area contributed by atoms with Crippen molar-refractivity contribution in [2.75, 3.05) is 7.11 Å². The standard InChI is InChI=1S/C9H10N2O4/c1-4-6-7(11(13)14)5-10(2)8(6)9(12)15-3/h4-5H,1H2,2-3H3. The number of aryl methyl sites for hydroxylation is 1. The zero-order valence-corrected chi connectivity index (χ0v) is 8.39. The summed E-state index contributed by atoms with van der Waals surface area (Å²) in [5.41, 5.74) is 0.140. The molecule has 1 aromatic heterocycles. The predicted octanol–water partition coefficient (Wildman–Crippen LogP) is 1.36. The van der Waals surface area contributed by atoms with Gasteiger partial charge in [0.1, 0.15) is 5.69 Å². The lowest BCUT2D eigenvalue weighted by molar-refractivity contribution is -0.385. The van der Waals surface area contributed by atoms with E-state index in [4.69, 9.17) is 0 Å². The summed E-state index contributed by atoms with van der Waals surface area (Å²) in [5.74, 6) is -0.625. The van der Waals surface area contributed by atoms with Crippen LogP contribution in [-0.4, -0.2) is 22.6 Å². The monoisotopic (exact) mass is 210 g/mol. The number of nitrogens with zero attached hydrogens (tertiary/aromatic N) is 2. The second-order valence-electron chi connectivity index (χ2n) is 2.84. The maximum absolute atomic E-state index is 11.3. The van der Waals surface area contributed by atoms with Crippen molar-refractivity contribution in [2.24, 2.45) is 7.05 Å². The van der Waals surface area contributed by atoms with E-state index in [-0.39, 0.29) is 16.9 Å². The summed E-state index contributed by atoms with van der Waals surface area (Å²) >= 11 is 0. The van der Waals surface area contributed by atoms with Crippen molar-refractivity contribution in [3.63, 3.8) is 0 Å². The third kappa shape index (κ3) is 1.74. The molecule has 0 unspecified atom stereocenters. The zero-order valence-electron chi connectivity index (χ0n) is 8.39. The number of methoxy groups -OCH3 is 1. The molecule has 1 rings (SSSR count). The fraction of sp³-hybridized carbons (Fsp3) is 0.222. The first-order valence-electron chi connectivity index (χ1n) is 4.07. The molecular formula is C9H10N2O4. The molecule has 15 heavy (non-hydrogen) atoms. The number of hydrogen-bond acceptors (Lipinski definition) is 4. The molecule has 0 saturated heterocycles. The lowest BCUT2D eigenvalue weighted by Crippen LogP contribution is -2.08. The van der Waals surface area contributed by atoms with E-state index >= 15 is 0 Å². The number of ether oxygens (including phenoxy) is 1. The van der Waals surface area contributed by atoms with Crippen LogP contribution in [0.3, 0.4) is 0 Å². The highest BCUT2D eigenvalue weighted by atomic mass is 16.6. The molecule has 0 radical (unpaired) electrons. The molecule has 0 saturated carbocycles. The first kappa shape index (κ1) is 11.0. The van der Waals surface area contributed by atoms with Crippen molar-refractivity contribution in [1.29, 1.82) is 0 Å². The average molecular weight is 210 g/mol. The van der Waals surface area contributed by atoms with Gasteiger partial charge < -0.3 is 9.30 Å². The molecule has 0 amide bonds. The van der Waals surface area contributed by atoms with Gasteiger partial charge in [0.2, 0.25) is 0 Å². The van der Waals surface area contributed by atoms with E-state index in [9.17, 15) is 14.9 Å². The molecule has 0 bridgehead atoms. The van der Waals surface area contributed by atoms with Gasteiger partial charge in [-0.2, -0.15) is 0 Å². The minimum atomic E-state index is -0.625. The Morgan fingerprint density at radius 2 is 2.33 bits per heavy atom. The van der Waals surface area contributed by atoms with E-state index in [1.165, 1.54) is 31.0 Å². The van der Waals surface area contributed by atoms with Crippen molar-refractivity contribution in [3.8, 4) is 0 Å². The minimum absolute atomic E-state index is 0.124. The Kier molecular flexibility index (Phi) is 2.89. The van der Waals surface area contributed by atoms with Crippen molar-refractivity contribution < 1.29 is 14.5 Å². The van der Waals surface area contributed by atoms with Crippen molar-refractivity contribution >= 4 is 17.7 Å². The molecule has 0 aliphatic heterocycles. The first-order chi connectivity index (χ1) is 7.02. The van der Waals surface area contributed by atoms with E-state index in [1.54, 1.807) is 0 Å². The Labute approximate surface area is 85.9 Å². The van der Waals surface area contributed by atoms with Gasteiger partial charge in [0.25, 0.3) is 5.69 Å². The van der Waals surface area contributed by atoms with Crippen LogP contribution >= 0.6 is 0 Å². The van der Waals surface area contributed by atoms with Crippen LogP contribution in [-0.2, 0) is 11.8 Å². The Balaban J connectivity index is 3.44. The number of rotatable bonds is 3. The highest BCUT2D eigenvalue weighted by molar-refractivity contribution is 5.94. The highest BCUT2D eigenvalue weighted by Gasteiger charge is 2.25. The second kappa shape index (κ2) is 3.95. The smallest absolute Gasteiger partial charge is 0.355 e. The molecule has 0 aromatic carbocycles. The van der Waals surface area contributed by atoms with Crippen LogP contribution in [0.2, 0.25) is 0 Å². The van der Waals surface area contributed by atoms with Gasteiger partial charge in [-0.25, -0.2) is 4.79 Å². The molecule has 0 aliphatic rings. The van der Waals surface area contributed by atoms with Gasteiger partial charge in [-0.1, -0.05) is 12.7 Å². The maximum Gasteiger partial charge on any atom is 0.355 e. The van der Waals surface area contributed by atoms with Crippen LogP contribution in [0.1, 0.15) is 16.1 Å². The molecule has 6 heteroatoms. The number of aromatic nitrogens is 1. The summed E-state index contributed by atoms with van der Waals surface area (Å²) < 4.78 is 5.87. The molecule has 80 valence electrons. The number of carbonyl (C=O) groups excluding carboxylic acids is 1. The minimum Gasteiger partial charge on any atom is -0.464 e. The molecule has 0 atom stereocenters. The number of hydrogen-bond donors (Lipinski definition) is 0. The molecular weight excluding hydrogens is 200 g/mol. The normalized spacial score (nSPS) is 9.73. The molecule has 0 aliphatic carbocycles. The Morgan fingerprint density at radius 3 is 2.73 bits per heavy atom. The summed E-state index contributed by atoms with van der Waals surface area (Å²) in [6.45, 7) is 3.44. The summed E-state index contributed by atoms with van der Waals surface area (Å²) in [7, 11) is 2.75. The molecule has 1 aromatic rings. The van der Waals surface area contributed by atoms with E-state index in [1.807, 2.05) is 0 Å². The van der Waals surface area contributed by atoms with Crippen molar-refractivity contribution in [1.82, 2.24) is 4.57 Å². The SMILES string of the molecule is C=Cc1c([N+](=O)[O-])cn(C)c1C(=O)OC. The largest absolute Gasteiger partial charge is 0.464 e. The third-order valence-corrected chi connectivity index (χ3v) is 1.98. The zero-order chi connectivity index (χ0) is 11.6. The van der Waals surface area contributed by atoms with Gasteiger partial charge in [-0.3, -0.25) is 10.1 Å². The van der Waals surface area contributed by atoms with Crippen molar-refractivity contribution in [3.05, 3.63) is 34.1 Å². The van der Waals surface area contributed by atoms with Gasteiger partial charge in [0, 0.05) is 7.05 Å². The number of esters is 1. The van der Waals surface area contributed by atoms with Crippen LogP contribution in [0, 0.1) is 10.1 Å². The van der Waals surface area contributed by atoms with Crippen LogP contribution in [0.15, 0.2) is 12.8 Å². The number of carbonyl (C=O) groups is 1. The third-order valence-electron chi connectivity index (χ3n) is 1.98. The van der Waals surface area contributed by atoms with Gasteiger partial charge in [0.15, 0.2) is 0 Å². The fourth-order valence-electron chi connectivity index (χ4n) is 1.33. The number of nitro groups is 1. The van der Waals surface area contributed by atoms with Crippen LogP contribution in [0.25, 0.3) is 6.08 Å². The maximum atomic E-state index is 11.3. The van der Waals surface area contributed by atoms with E-state index in [0.717, 1.165) is 0 Å². The van der Waals surface area contributed by atoms with Crippen LogP contribution in [0.5, 0.6) is 0 Å². The second-order valence-corrected chi connectivity index (χ2v) is 2.84. The fourth-order valence-corrected chi connectivity index (χ4v) is 1.33. The van der Waals surface area contributed by atoms with Crippen molar-refractivity contribution in [2.45, 2.75) is 0 Å². The lowest BCUT2D eigenvalue weighted by atomic mass is 10.2. The van der Waals surface area contributed by atoms with Crippen LogP contribution in [0.4, 0.5) is 5.69 Å². The lowest BCUT2D eigenvalue weighted by Gasteiger charge is -2.00. The Morgan fingerprint density at radius 1 is 1.73 bits per heavy atom. The predicted molar refractivity (Wildman–Crippen MR) is 53.5 cm³/mol. The summed E-state index contributed by atoms with van der Waals surface area (Å²) in [6.07, 6.45) is 2.52. The molecule has 0 N–H and O–H groups in total. The average Bonchev–Trinajstić information content (AvgIpc) is 2.54. The highest BCUT2D eigenvalue weighted by Crippen LogP contribution is 2.25. The molecule has 6 nitrogen and oxygen atoms in total. The van der Waals surface area contributed by atoms with Gasteiger partial charge >= 0.3 is 5.97 Å². The van der Waals surface area contributed by atoms with Gasteiger partial charge in [-0.15, -0.1) is 0 Å². The topological polar surface area (TPSA) is 74.4 Å². The van der Waals surface area contributed by atoms with Gasteiger partial charge in [0.05, 0.1) is 23.8 Å². The molecule has 1 heterocycles. The molecule has 0 fully saturated rings. The van der Waals surface area contributed by atoms with E-state index in [0.29, 0.717) is 0 Å². The summed E-state index contributed by atoms with van der Waals surface area (Å²) in [5, 5.41) is 10.6. The molecule has 0 spiro atoms. The van der Waals surface area contributed by atoms with E-state index in [2.05, 4.69) is 11.3 Å². The van der Waals surface area contributed by atoms with E-state index < -0.39 is 10.9 Å². The quantitative estimate of drug-likeness (QED) is 0.429.